The predicted octanol–water partition coefficient (Wildman–Crippen LogP) is 3.69. The number of hydrogen-bond acceptors (Lipinski definition) is 4. The van der Waals surface area contributed by atoms with Crippen LogP contribution in [-0.2, 0) is 20.7 Å². The van der Waals surface area contributed by atoms with Gasteiger partial charge in [0.1, 0.15) is 0 Å². The lowest BCUT2D eigenvalue weighted by Gasteiger charge is -2.43. The summed E-state index contributed by atoms with van der Waals surface area (Å²) in [6.07, 6.45) is 2.62. The van der Waals surface area contributed by atoms with Gasteiger partial charge in [-0.05, 0) is 41.8 Å². The molecule has 1 aromatic heterocycles. The Morgan fingerprint density at radius 3 is 2.76 bits per heavy atom. The molecule has 5 nitrogen and oxygen atoms in total. The van der Waals surface area contributed by atoms with E-state index in [4.69, 9.17) is 4.74 Å². The number of carbonyl (C=O) groups excluding carboxylic acids is 2. The number of benzene rings is 1. The van der Waals surface area contributed by atoms with Gasteiger partial charge in [0.05, 0.1) is 18.4 Å². The number of rotatable bonds is 7. The van der Waals surface area contributed by atoms with Crippen LogP contribution < -0.4 is 0 Å². The molecule has 29 heavy (non-hydrogen) atoms. The number of piperidine rings is 1. The fourth-order valence-corrected chi connectivity index (χ4v) is 4.95. The standard InChI is InChI=1S/C23H30N2O3S/c1-24(2)22(27)23(11-6-12-25(17-23)21(26)10-13-28-3)16-18-7-4-8-19(15-18)20-9-5-14-29-20/h4-5,7-9,14-15H,6,10-13,16-17H2,1-3H3/t23-/m0/s1. The van der Waals surface area contributed by atoms with Gasteiger partial charge in [-0.1, -0.05) is 30.3 Å². The molecule has 2 heterocycles. The van der Waals surface area contributed by atoms with E-state index in [1.165, 1.54) is 10.4 Å². The van der Waals surface area contributed by atoms with Crippen LogP contribution >= 0.6 is 11.3 Å². The molecule has 1 fully saturated rings. The summed E-state index contributed by atoms with van der Waals surface area (Å²) in [5.41, 5.74) is 1.73. The Kier molecular flexibility index (Phi) is 7.09. The first kappa shape index (κ1) is 21.5. The summed E-state index contributed by atoms with van der Waals surface area (Å²) in [5, 5.41) is 2.07. The SMILES string of the molecule is COCCC(=O)N1CCC[C@@](Cc2cccc(-c3cccs3)c2)(C(=O)N(C)C)C1. The van der Waals surface area contributed by atoms with Crippen LogP contribution in [0.2, 0.25) is 0 Å². The van der Waals surface area contributed by atoms with Crippen LogP contribution in [-0.4, -0.2) is 62.5 Å². The molecule has 1 aromatic carbocycles. The number of methoxy groups -OCH3 is 1. The number of hydrogen-bond donors (Lipinski definition) is 0. The van der Waals surface area contributed by atoms with E-state index in [9.17, 15) is 9.59 Å². The molecule has 2 aromatic rings. The summed E-state index contributed by atoms with van der Waals surface area (Å²) in [6.45, 7) is 1.59. The van der Waals surface area contributed by atoms with Gasteiger partial charge in [0.25, 0.3) is 0 Å². The Morgan fingerprint density at radius 2 is 2.07 bits per heavy atom. The van der Waals surface area contributed by atoms with Crippen LogP contribution in [0.15, 0.2) is 41.8 Å². The predicted molar refractivity (Wildman–Crippen MR) is 117 cm³/mol. The van der Waals surface area contributed by atoms with Crippen molar-refractivity contribution in [2.75, 3.05) is 40.9 Å². The average molecular weight is 415 g/mol. The smallest absolute Gasteiger partial charge is 0.230 e. The first-order chi connectivity index (χ1) is 13.9. The molecule has 3 rings (SSSR count). The highest BCUT2D eigenvalue weighted by atomic mass is 32.1. The molecule has 0 saturated carbocycles. The molecular formula is C23H30N2O3S. The van der Waals surface area contributed by atoms with Gasteiger partial charge in [0.15, 0.2) is 0 Å². The molecule has 2 amide bonds. The van der Waals surface area contributed by atoms with Crippen molar-refractivity contribution in [1.82, 2.24) is 9.80 Å². The quantitative estimate of drug-likeness (QED) is 0.694. The Balaban J connectivity index is 1.87. The summed E-state index contributed by atoms with van der Waals surface area (Å²) >= 11 is 1.71. The summed E-state index contributed by atoms with van der Waals surface area (Å²) < 4.78 is 5.06. The minimum Gasteiger partial charge on any atom is -0.384 e. The second kappa shape index (κ2) is 9.55. The van der Waals surface area contributed by atoms with Crippen molar-refractivity contribution in [1.29, 1.82) is 0 Å². The fraction of sp³-hybridized carbons (Fsp3) is 0.478. The molecule has 0 N–H and O–H groups in total. The van der Waals surface area contributed by atoms with Gasteiger partial charge in [0, 0.05) is 39.2 Å². The minimum atomic E-state index is -0.585. The number of thiophene rings is 1. The fourth-order valence-electron chi connectivity index (χ4n) is 4.23. The first-order valence-corrected chi connectivity index (χ1v) is 10.9. The maximum atomic E-state index is 13.3. The molecule has 0 spiro atoms. The monoisotopic (exact) mass is 414 g/mol. The highest BCUT2D eigenvalue weighted by Crippen LogP contribution is 2.37. The molecule has 156 valence electrons. The van der Waals surface area contributed by atoms with E-state index in [2.05, 4.69) is 35.7 Å². The van der Waals surface area contributed by atoms with Crippen molar-refractivity contribution in [3.05, 3.63) is 47.3 Å². The Labute approximate surface area is 177 Å². The number of likely N-dealkylation sites (tertiary alicyclic amines) is 1. The van der Waals surface area contributed by atoms with E-state index in [-0.39, 0.29) is 11.8 Å². The highest BCUT2D eigenvalue weighted by molar-refractivity contribution is 7.13. The summed E-state index contributed by atoms with van der Waals surface area (Å²) in [4.78, 5) is 30.7. The molecule has 1 aliphatic rings. The Hall–Kier alpha value is -2.18. The lowest BCUT2D eigenvalue weighted by molar-refractivity contribution is -0.147. The van der Waals surface area contributed by atoms with Crippen LogP contribution in [0, 0.1) is 5.41 Å². The second-order valence-corrected chi connectivity index (χ2v) is 8.94. The molecule has 1 atom stereocenters. The van der Waals surface area contributed by atoms with Crippen molar-refractivity contribution in [2.24, 2.45) is 5.41 Å². The van der Waals surface area contributed by atoms with Crippen molar-refractivity contribution >= 4 is 23.2 Å². The van der Waals surface area contributed by atoms with Gasteiger partial charge in [-0.2, -0.15) is 0 Å². The molecule has 1 saturated heterocycles. The Morgan fingerprint density at radius 1 is 1.24 bits per heavy atom. The maximum Gasteiger partial charge on any atom is 0.230 e. The van der Waals surface area contributed by atoms with Crippen LogP contribution in [0.25, 0.3) is 10.4 Å². The average Bonchev–Trinajstić information content (AvgIpc) is 3.26. The zero-order chi connectivity index (χ0) is 20.9. The normalized spacial score (nSPS) is 19.2. The molecule has 0 unspecified atom stereocenters. The van der Waals surface area contributed by atoms with Crippen molar-refractivity contribution in [2.45, 2.75) is 25.7 Å². The lowest BCUT2D eigenvalue weighted by atomic mass is 9.73. The van der Waals surface area contributed by atoms with Crippen LogP contribution in [0.3, 0.4) is 0 Å². The summed E-state index contributed by atoms with van der Waals surface area (Å²) in [6, 6.07) is 12.6. The van der Waals surface area contributed by atoms with Crippen LogP contribution in [0.4, 0.5) is 0 Å². The van der Waals surface area contributed by atoms with Crippen LogP contribution in [0.5, 0.6) is 0 Å². The number of ether oxygens (including phenoxy) is 1. The zero-order valence-corrected chi connectivity index (χ0v) is 18.3. The molecule has 0 radical (unpaired) electrons. The largest absolute Gasteiger partial charge is 0.384 e. The molecule has 0 bridgehead atoms. The van der Waals surface area contributed by atoms with Gasteiger partial charge < -0.3 is 14.5 Å². The van der Waals surface area contributed by atoms with E-state index in [0.29, 0.717) is 32.5 Å². The van der Waals surface area contributed by atoms with Crippen molar-refractivity contribution < 1.29 is 14.3 Å². The van der Waals surface area contributed by atoms with Crippen LogP contribution in [0.1, 0.15) is 24.8 Å². The van der Waals surface area contributed by atoms with Gasteiger partial charge in [-0.15, -0.1) is 11.3 Å². The van der Waals surface area contributed by atoms with E-state index in [0.717, 1.165) is 18.4 Å². The Bertz CT molecular complexity index is 834. The number of nitrogens with zero attached hydrogens (tertiary/aromatic N) is 2. The van der Waals surface area contributed by atoms with E-state index in [1.54, 1.807) is 37.4 Å². The summed E-state index contributed by atoms with van der Waals surface area (Å²) in [5.74, 6) is 0.165. The molecule has 0 aliphatic carbocycles. The third-order valence-corrected chi connectivity index (χ3v) is 6.50. The van der Waals surface area contributed by atoms with E-state index < -0.39 is 5.41 Å². The van der Waals surface area contributed by atoms with Gasteiger partial charge in [-0.25, -0.2) is 0 Å². The molecule has 6 heteroatoms. The minimum absolute atomic E-state index is 0.0646. The number of carbonyl (C=O) groups is 2. The maximum absolute atomic E-state index is 13.3. The van der Waals surface area contributed by atoms with Gasteiger partial charge >= 0.3 is 0 Å². The van der Waals surface area contributed by atoms with Crippen molar-refractivity contribution in [3.63, 3.8) is 0 Å². The molecule has 1 aliphatic heterocycles. The zero-order valence-electron chi connectivity index (χ0n) is 17.5. The topological polar surface area (TPSA) is 49.9 Å². The van der Waals surface area contributed by atoms with Gasteiger partial charge in [-0.3, -0.25) is 9.59 Å². The summed E-state index contributed by atoms with van der Waals surface area (Å²) in [7, 11) is 5.21. The third kappa shape index (κ3) is 5.06. The van der Waals surface area contributed by atoms with Gasteiger partial charge in [0.2, 0.25) is 11.8 Å². The number of amides is 2. The van der Waals surface area contributed by atoms with E-state index in [1.807, 2.05) is 11.0 Å². The molecular weight excluding hydrogens is 384 g/mol. The van der Waals surface area contributed by atoms with Crippen molar-refractivity contribution in [3.8, 4) is 10.4 Å². The first-order valence-electron chi connectivity index (χ1n) is 10.1. The third-order valence-electron chi connectivity index (χ3n) is 5.58. The highest BCUT2D eigenvalue weighted by Gasteiger charge is 2.44. The van der Waals surface area contributed by atoms with E-state index >= 15 is 0 Å². The lowest BCUT2D eigenvalue weighted by Crippen LogP contribution is -2.54. The second-order valence-electron chi connectivity index (χ2n) is 8.00.